The van der Waals surface area contributed by atoms with Crippen molar-refractivity contribution < 1.29 is 14.3 Å². The number of esters is 1. The van der Waals surface area contributed by atoms with Crippen LogP contribution >= 0.6 is 15.9 Å². The Morgan fingerprint density at radius 2 is 1.90 bits per heavy atom. The molecule has 5 nitrogen and oxygen atoms in total. The van der Waals surface area contributed by atoms with Gasteiger partial charge in [-0.1, -0.05) is 22.0 Å². The molecule has 0 aliphatic carbocycles. The monoisotopic (exact) mass is 350 g/mol. The maximum absolute atomic E-state index is 11.8. The van der Waals surface area contributed by atoms with Gasteiger partial charge in [-0.3, -0.25) is 0 Å². The van der Waals surface area contributed by atoms with Crippen LogP contribution in [-0.2, 0) is 4.74 Å². The second kappa shape index (κ2) is 6.99. The van der Waals surface area contributed by atoms with Gasteiger partial charge in [0.1, 0.15) is 19.0 Å². The standard InChI is InChI=1S/C15H15BrN2O3/c16-10-2-1-3-12(8-10)20-6-7-21-15(19)13-5-4-11(17)9-14(13)18/h1-5,8-9H,6-7,17-18H2. The highest BCUT2D eigenvalue weighted by atomic mass is 79.9. The van der Waals surface area contributed by atoms with Gasteiger partial charge >= 0.3 is 5.97 Å². The molecular weight excluding hydrogens is 336 g/mol. The molecule has 0 fully saturated rings. The first-order chi connectivity index (χ1) is 10.1. The Balaban J connectivity index is 1.82. The molecule has 0 aromatic heterocycles. The molecule has 0 bridgehead atoms. The first kappa shape index (κ1) is 15.2. The van der Waals surface area contributed by atoms with Crippen LogP contribution in [0.1, 0.15) is 10.4 Å². The Hall–Kier alpha value is -2.21. The minimum atomic E-state index is -0.495. The van der Waals surface area contributed by atoms with Crippen LogP contribution in [0, 0.1) is 0 Å². The van der Waals surface area contributed by atoms with Crippen molar-refractivity contribution in [2.24, 2.45) is 0 Å². The molecule has 6 heteroatoms. The summed E-state index contributed by atoms with van der Waals surface area (Å²) in [6, 6.07) is 12.1. The van der Waals surface area contributed by atoms with E-state index < -0.39 is 5.97 Å². The van der Waals surface area contributed by atoms with E-state index in [1.807, 2.05) is 24.3 Å². The lowest BCUT2D eigenvalue weighted by atomic mass is 10.1. The molecule has 0 spiro atoms. The number of hydrogen-bond acceptors (Lipinski definition) is 5. The minimum absolute atomic E-state index is 0.134. The topological polar surface area (TPSA) is 87.6 Å². The SMILES string of the molecule is Nc1ccc(C(=O)OCCOc2cccc(Br)c2)c(N)c1. The molecule has 0 saturated carbocycles. The number of hydrogen-bond donors (Lipinski definition) is 2. The second-order valence-electron chi connectivity index (χ2n) is 4.29. The molecule has 2 aromatic carbocycles. The quantitative estimate of drug-likeness (QED) is 0.491. The fraction of sp³-hybridized carbons (Fsp3) is 0.133. The maximum Gasteiger partial charge on any atom is 0.340 e. The fourth-order valence-electron chi connectivity index (χ4n) is 1.70. The third kappa shape index (κ3) is 4.39. The van der Waals surface area contributed by atoms with E-state index in [2.05, 4.69) is 15.9 Å². The second-order valence-corrected chi connectivity index (χ2v) is 5.20. The van der Waals surface area contributed by atoms with Gasteiger partial charge < -0.3 is 20.9 Å². The van der Waals surface area contributed by atoms with Gasteiger partial charge in [0.2, 0.25) is 0 Å². The van der Waals surface area contributed by atoms with Crippen molar-refractivity contribution in [3.05, 3.63) is 52.5 Å². The number of nitrogen functional groups attached to an aromatic ring is 2. The lowest BCUT2D eigenvalue weighted by Gasteiger charge is -2.09. The molecule has 0 aliphatic heterocycles. The summed E-state index contributed by atoms with van der Waals surface area (Å²) < 4.78 is 11.5. The summed E-state index contributed by atoms with van der Waals surface area (Å²) in [5.74, 6) is 0.206. The number of rotatable bonds is 5. The zero-order chi connectivity index (χ0) is 15.2. The van der Waals surface area contributed by atoms with Gasteiger partial charge in [0.15, 0.2) is 0 Å². The Morgan fingerprint density at radius 1 is 1.10 bits per heavy atom. The summed E-state index contributed by atoms with van der Waals surface area (Å²) in [5.41, 5.74) is 12.4. The van der Waals surface area contributed by atoms with E-state index in [1.54, 1.807) is 12.1 Å². The Labute approximate surface area is 131 Å². The van der Waals surface area contributed by atoms with E-state index in [1.165, 1.54) is 6.07 Å². The van der Waals surface area contributed by atoms with Crippen molar-refractivity contribution in [3.8, 4) is 5.75 Å². The summed E-state index contributed by atoms with van der Waals surface area (Å²) in [6.07, 6.45) is 0. The molecule has 2 rings (SSSR count). The number of halogens is 1. The normalized spacial score (nSPS) is 10.1. The van der Waals surface area contributed by atoms with Crippen LogP contribution in [0.15, 0.2) is 46.9 Å². The van der Waals surface area contributed by atoms with E-state index >= 15 is 0 Å². The summed E-state index contributed by atoms with van der Waals surface area (Å²) in [5, 5.41) is 0. The lowest BCUT2D eigenvalue weighted by Crippen LogP contribution is -2.14. The number of benzene rings is 2. The Bertz CT molecular complexity index is 647. The van der Waals surface area contributed by atoms with Crippen LogP contribution in [0.2, 0.25) is 0 Å². The maximum atomic E-state index is 11.8. The summed E-state index contributed by atoms with van der Waals surface area (Å²) in [6.45, 7) is 0.395. The zero-order valence-electron chi connectivity index (χ0n) is 11.2. The van der Waals surface area contributed by atoms with Crippen LogP contribution in [0.5, 0.6) is 5.75 Å². The minimum Gasteiger partial charge on any atom is -0.490 e. The molecular formula is C15H15BrN2O3. The molecule has 0 amide bonds. The van der Waals surface area contributed by atoms with E-state index in [-0.39, 0.29) is 13.2 Å². The van der Waals surface area contributed by atoms with Gasteiger partial charge in [0, 0.05) is 15.8 Å². The number of carbonyl (C=O) groups excluding carboxylic acids is 1. The highest BCUT2D eigenvalue weighted by Gasteiger charge is 2.11. The van der Waals surface area contributed by atoms with Crippen molar-refractivity contribution in [2.45, 2.75) is 0 Å². The number of carbonyl (C=O) groups is 1. The lowest BCUT2D eigenvalue weighted by molar-refractivity contribution is 0.0451. The van der Waals surface area contributed by atoms with Crippen LogP contribution in [0.25, 0.3) is 0 Å². The van der Waals surface area contributed by atoms with Crippen LogP contribution in [0.3, 0.4) is 0 Å². The summed E-state index contributed by atoms with van der Waals surface area (Å²) in [4.78, 5) is 11.8. The molecule has 0 unspecified atom stereocenters. The molecule has 0 saturated heterocycles. The number of ether oxygens (including phenoxy) is 2. The molecule has 0 atom stereocenters. The average molecular weight is 351 g/mol. The van der Waals surface area contributed by atoms with Gasteiger partial charge in [0.25, 0.3) is 0 Å². The highest BCUT2D eigenvalue weighted by molar-refractivity contribution is 9.10. The molecule has 0 aliphatic rings. The molecule has 2 aromatic rings. The van der Waals surface area contributed by atoms with Gasteiger partial charge in [-0.15, -0.1) is 0 Å². The smallest absolute Gasteiger partial charge is 0.340 e. The van der Waals surface area contributed by atoms with Gasteiger partial charge in [-0.25, -0.2) is 4.79 Å². The van der Waals surface area contributed by atoms with Crippen LogP contribution in [-0.4, -0.2) is 19.2 Å². The molecule has 21 heavy (non-hydrogen) atoms. The molecule has 110 valence electrons. The first-order valence-electron chi connectivity index (χ1n) is 6.27. The van der Waals surface area contributed by atoms with Crippen molar-refractivity contribution in [1.29, 1.82) is 0 Å². The number of nitrogens with two attached hydrogens (primary N) is 2. The first-order valence-corrected chi connectivity index (χ1v) is 7.06. The molecule has 0 heterocycles. The Kier molecular flexibility index (Phi) is 5.05. The number of anilines is 2. The van der Waals surface area contributed by atoms with Crippen LogP contribution < -0.4 is 16.2 Å². The molecule has 0 radical (unpaired) electrons. The Morgan fingerprint density at radius 3 is 2.62 bits per heavy atom. The van der Waals surface area contributed by atoms with Crippen molar-refractivity contribution in [3.63, 3.8) is 0 Å². The summed E-state index contributed by atoms with van der Waals surface area (Å²) >= 11 is 3.35. The van der Waals surface area contributed by atoms with E-state index in [4.69, 9.17) is 20.9 Å². The summed E-state index contributed by atoms with van der Waals surface area (Å²) in [7, 11) is 0. The third-order valence-corrected chi connectivity index (χ3v) is 3.17. The van der Waals surface area contributed by atoms with Gasteiger partial charge in [-0.05, 0) is 36.4 Å². The highest BCUT2D eigenvalue weighted by Crippen LogP contribution is 2.18. The van der Waals surface area contributed by atoms with Crippen LogP contribution in [0.4, 0.5) is 11.4 Å². The van der Waals surface area contributed by atoms with E-state index in [0.29, 0.717) is 22.7 Å². The van der Waals surface area contributed by atoms with E-state index in [9.17, 15) is 4.79 Å². The average Bonchev–Trinajstić information content (AvgIpc) is 2.43. The van der Waals surface area contributed by atoms with Crippen molar-refractivity contribution in [1.82, 2.24) is 0 Å². The zero-order valence-corrected chi connectivity index (χ0v) is 12.8. The largest absolute Gasteiger partial charge is 0.490 e. The van der Waals surface area contributed by atoms with Crippen molar-refractivity contribution in [2.75, 3.05) is 24.7 Å². The molecule has 4 N–H and O–H groups in total. The fourth-order valence-corrected chi connectivity index (χ4v) is 2.07. The van der Waals surface area contributed by atoms with E-state index in [0.717, 1.165) is 4.47 Å². The van der Waals surface area contributed by atoms with Gasteiger partial charge in [0.05, 0.1) is 5.56 Å². The van der Waals surface area contributed by atoms with Crippen molar-refractivity contribution >= 4 is 33.3 Å². The van der Waals surface area contributed by atoms with Gasteiger partial charge in [-0.2, -0.15) is 0 Å². The predicted octanol–water partition coefficient (Wildman–Crippen LogP) is 2.85. The third-order valence-electron chi connectivity index (χ3n) is 2.68. The predicted molar refractivity (Wildman–Crippen MR) is 85.2 cm³/mol.